The highest BCUT2D eigenvalue weighted by Crippen LogP contribution is 2.36. The van der Waals surface area contributed by atoms with Crippen molar-refractivity contribution in [3.63, 3.8) is 0 Å². The second-order valence-electron chi connectivity index (χ2n) is 5.70. The first-order valence-electron chi connectivity index (χ1n) is 6.14. The summed E-state index contributed by atoms with van der Waals surface area (Å²) in [5, 5.41) is 4.04. The highest BCUT2D eigenvalue weighted by Gasteiger charge is 2.28. The quantitative estimate of drug-likeness (QED) is 0.845. The van der Waals surface area contributed by atoms with E-state index in [-0.39, 0.29) is 0 Å². The molecule has 1 aromatic rings. The number of nitrogens with two attached hydrogens (primary N) is 1. The third-order valence-corrected chi connectivity index (χ3v) is 3.70. The average Bonchev–Trinajstić information content (AvgIpc) is 2.21. The highest BCUT2D eigenvalue weighted by atomic mass is 35.5. The topological polar surface area (TPSA) is 50.9 Å². The van der Waals surface area contributed by atoms with Crippen molar-refractivity contribution in [1.29, 1.82) is 0 Å². The Balaban J connectivity index is 2.05. The molecule has 2 rings (SSSR count). The van der Waals surface area contributed by atoms with Crippen molar-refractivity contribution in [3.8, 4) is 0 Å². The number of hydrogen-bond donors (Lipinski definition) is 2. The van der Waals surface area contributed by atoms with E-state index in [9.17, 15) is 0 Å². The van der Waals surface area contributed by atoms with Gasteiger partial charge < -0.3 is 11.1 Å². The predicted octanol–water partition coefficient (Wildman–Crippen LogP) is 3.70. The average molecular weight is 254 g/mol. The van der Waals surface area contributed by atoms with Crippen molar-refractivity contribution in [2.45, 2.75) is 45.6 Å². The molecule has 0 aliphatic heterocycles. The summed E-state index contributed by atoms with van der Waals surface area (Å²) < 4.78 is 0. The summed E-state index contributed by atoms with van der Waals surface area (Å²) in [6, 6.07) is 2.21. The van der Waals surface area contributed by atoms with Gasteiger partial charge in [-0.2, -0.15) is 0 Å². The Bertz CT molecular complexity index is 404. The lowest BCUT2D eigenvalue weighted by atomic mass is 9.75. The van der Waals surface area contributed by atoms with Crippen molar-refractivity contribution >= 4 is 23.1 Å². The summed E-state index contributed by atoms with van der Waals surface area (Å²) in [4.78, 5) is 4.25. The second kappa shape index (κ2) is 4.73. The van der Waals surface area contributed by atoms with Gasteiger partial charge in [-0.15, -0.1) is 0 Å². The molecule has 1 saturated carbocycles. The van der Waals surface area contributed by atoms with E-state index >= 15 is 0 Å². The minimum absolute atomic E-state index is 0.413. The summed E-state index contributed by atoms with van der Waals surface area (Å²) in [7, 11) is 0. The molecule has 0 spiro atoms. The Labute approximate surface area is 108 Å². The maximum absolute atomic E-state index is 6.11. The van der Waals surface area contributed by atoms with Crippen molar-refractivity contribution in [3.05, 3.63) is 17.3 Å². The number of nitrogens with one attached hydrogen (secondary N) is 1. The molecule has 0 amide bonds. The Morgan fingerprint density at radius 3 is 2.94 bits per heavy atom. The van der Waals surface area contributed by atoms with Crippen LogP contribution in [0.15, 0.2) is 12.3 Å². The summed E-state index contributed by atoms with van der Waals surface area (Å²) in [6.07, 6.45) is 6.55. The highest BCUT2D eigenvalue weighted by molar-refractivity contribution is 6.33. The molecule has 0 aromatic carbocycles. The first kappa shape index (κ1) is 12.5. The van der Waals surface area contributed by atoms with E-state index in [0.717, 1.165) is 12.2 Å². The van der Waals surface area contributed by atoms with Crippen LogP contribution in [0.2, 0.25) is 5.02 Å². The molecule has 1 aromatic heterocycles. The third-order valence-electron chi connectivity index (χ3n) is 3.41. The smallest absolute Gasteiger partial charge is 0.145 e. The van der Waals surface area contributed by atoms with Gasteiger partial charge in [-0.3, -0.25) is 0 Å². The first-order chi connectivity index (χ1) is 7.96. The zero-order valence-electron chi connectivity index (χ0n) is 10.5. The zero-order valence-corrected chi connectivity index (χ0v) is 11.2. The molecule has 0 radical (unpaired) electrons. The maximum Gasteiger partial charge on any atom is 0.145 e. The summed E-state index contributed by atoms with van der Waals surface area (Å²) in [5.74, 6) is 0.753. The van der Waals surface area contributed by atoms with Crippen LogP contribution in [0.3, 0.4) is 0 Å². The first-order valence-corrected chi connectivity index (χ1v) is 6.52. The molecule has 1 unspecified atom stereocenters. The van der Waals surface area contributed by atoms with E-state index in [1.165, 1.54) is 19.3 Å². The van der Waals surface area contributed by atoms with Crippen LogP contribution in [0, 0.1) is 5.41 Å². The van der Waals surface area contributed by atoms with Crippen LogP contribution < -0.4 is 11.1 Å². The SMILES string of the molecule is CC1(C)CCCC(Nc2ncc(N)cc2Cl)C1. The van der Waals surface area contributed by atoms with Gasteiger partial charge in [0.05, 0.1) is 16.9 Å². The number of rotatable bonds is 2. The molecule has 0 saturated heterocycles. The van der Waals surface area contributed by atoms with Crippen LogP contribution in [0.5, 0.6) is 0 Å². The standard InChI is InChI=1S/C13H20ClN3/c1-13(2)5-3-4-10(7-13)17-12-11(14)6-9(15)8-16-12/h6,8,10H,3-5,7,15H2,1-2H3,(H,16,17). The molecule has 3 nitrogen and oxygen atoms in total. The van der Waals surface area contributed by atoms with Crippen LogP contribution in [-0.2, 0) is 0 Å². The molecule has 1 heterocycles. The molecule has 4 heteroatoms. The van der Waals surface area contributed by atoms with Crippen LogP contribution >= 0.6 is 11.6 Å². The number of nitrogens with zero attached hydrogens (tertiary/aromatic N) is 1. The van der Waals surface area contributed by atoms with Gasteiger partial charge in [-0.1, -0.05) is 31.9 Å². The van der Waals surface area contributed by atoms with E-state index in [4.69, 9.17) is 17.3 Å². The fourth-order valence-corrected chi connectivity index (χ4v) is 2.80. The summed E-state index contributed by atoms with van der Waals surface area (Å²) in [6.45, 7) is 4.64. The normalized spacial score (nSPS) is 23.4. The maximum atomic E-state index is 6.11. The van der Waals surface area contributed by atoms with Gasteiger partial charge in [0.1, 0.15) is 5.82 Å². The number of aromatic nitrogens is 1. The lowest BCUT2D eigenvalue weighted by Gasteiger charge is -2.35. The Kier molecular flexibility index (Phi) is 3.48. The number of halogens is 1. The number of nitrogen functional groups attached to an aromatic ring is 1. The predicted molar refractivity (Wildman–Crippen MR) is 73.3 cm³/mol. The molecule has 1 fully saturated rings. The molecule has 1 aliphatic carbocycles. The molecular formula is C13H20ClN3. The van der Waals surface area contributed by atoms with Crippen LogP contribution in [0.4, 0.5) is 11.5 Å². The van der Waals surface area contributed by atoms with Gasteiger partial charge in [0.2, 0.25) is 0 Å². The van der Waals surface area contributed by atoms with Crippen molar-refractivity contribution in [2.24, 2.45) is 5.41 Å². The van der Waals surface area contributed by atoms with Gasteiger partial charge in [-0.25, -0.2) is 4.98 Å². The Hall–Kier alpha value is -0.960. The van der Waals surface area contributed by atoms with E-state index in [0.29, 0.717) is 22.2 Å². The molecule has 1 aliphatic rings. The fourth-order valence-electron chi connectivity index (χ4n) is 2.57. The number of pyridine rings is 1. The van der Waals surface area contributed by atoms with Crippen LogP contribution in [0.1, 0.15) is 39.5 Å². The largest absolute Gasteiger partial charge is 0.397 e. The molecule has 94 valence electrons. The molecule has 0 bridgehead atoms. The Morgan fingerprint density at radius 2 is 2.29 bits per heavy atom. The minimum atomic E-state index is 0.413. The molecule has 17 heavy (non-hydrogen) atoms. The van der Waals surface area contributed by atoms with E-state index in [1.807, 2.05) is 0 Å². The lowest BCUT2D eigenvalue weighted by Crippen LogP contribution is -2.32. The van der Waals surface area contributed by atoms with Gasteiger partial charge >= 0.3 is 0 Å². The monoisotopic (exact) mass is 253 g/mol. The zero-order chi connectivity index (χ0) is 12.5. The van der Waals surface area contributed by atoms with E-state index < -0.39 is 0 Å². The van der Waals surface area contributed by atoms with Crippen molar-refractivity contribution < 1.29 is 0 Å². The third kappa shape index (κ3) is 3.25. The molecule has 3 N–H and O–H groups in total. The van der Waals surface area contributed by atoms with Gasteiger partial charge in [-0.05, 0) is 30.7 Å². The fraction of sp³-hybridized carbons (Fsp3) is 0.615. The second-order valence-corrected chi connectivity index (χ2v) is 6.11. The van der Waals surface area contributed by atoms with Crippen molar-refractivity contribution in [2.75, 3.05) is 11.1 Å². The lowest BCUT2D eigenvalue weighted by molar-refractivity contribution is 0.229. The van der Waals surface area contributed by atoms with Gasteiger partial charge in [0.25, 0.3) is 0 Å². The summed E-state index contributed by atoms with van der Waals surface area (Å²) >= 11 is 6.11. The van der Waals surface area contributed by atoms with Crippen molar-refractivity contribution in [1.82, 2.24) is 4.98 Å². The van der Waals surface area contributed by atoms with E-state index in [2.05, 4.69) is 24.1 Å². The number of hydrogen-bond acceptors (Lipinski definition) is 3. The number of anilines is 2. The molecule has 1 atom stereocenters. The van der Waals surface area contributed by atoms with E-state index in [1.54, 1.807) is 12.3 Å². The van der Waals surface area contributed by atoms with Gasteiger partial charge in [0.15, 0.2) is 0 Å². The van der Waals surface area contributed by atoms with Crippen LogP contribution in [0.25, 0.3) is 0 Å². The summed E-state index contributed by atoms with van der Waals surface area (Å²) in [5.41, 5.74) is 6.64. The minimum Gasteiger partial charge on any atom is -0.397 e. The van der Waals surface area contributed by atoms with Crippen LogP contribution in [-0.4, -0.2) is 11.0 Å². The Morgan fingerprint density at radius 1 is 1.53 bits per heavy atom. The van der Waals surface area contributed by atoms with Gasteiger partial charge in [0, 0.05) is 6.04 Å². The molecular weight excluding hydrogens is 234 g/mol.